The highest BCUT2D eigenvalue weighted by Gasteiger charge is 2.28. The Kier molecular flexibility index (Phi) is 6.21. The first-order chi connectivity index (χ1) is 9.83. The van der Waals surface area contributed by atoms with Crippen LogP contribution in [0.2, 0.25) is 0 Å². The summed E-state index contributed by atoms with van der Waals surface area (Å²) in [7, 11) is 0. The molecule has 1 aromatic rings. The molecular formula is C16H23NO4. The number of hydrogen-bond acceptors (Lipinski definition) is 3. The number of aliphatic carboxylic acids is 1. The van der Waals surface area contributed by atoms with Crippen LogP contribution >= 0.6 is 0 Å². The molecule has 0 spiro atoms. The van der Waals surface area contributed by atoms with Crippen LogP contribution in [0.3, 0.4) is 0 Å². The molecule has 5 heteroatoms. The molecule has 0 saturated carbocycles. The van der Waals surface area contributed by atoms with Gasteiger partial charge in [0, 0.05) is 12.5 Å². The van der Waals surface area contributed by atoms with E-state index >= 15 is 0 Å². The van der Waals surface area contributed by atoms with E-state index in [1.807, 2.05) is 30.3 Å². The van der Waals surface area contributed by atoms with Gasteiger partial charge in [-0.2, -0.15) is 0 Å². The van der Waals surface area contributed by atoms with Crippen LogP contribution in [0.5, 0.6) is 5.75 Å². The van der Waals surface area contributed by atoms with E-state index in [1.165, 1.54) is 0 Å². The SMILES string of the molecule is CC(CCOc1ccccc1)C(=O)NCC(C)(C)C(=O)O. The van der Waals surface area contributed by atoms with Gasteiger partial charge < -0.3 is 15.2 Å². The molecule has 1 unspecified atom stereocenters. The summed E-state index contributed by atoms with van der Waals surface area (Å²) in [6.45, 7) is 5.53. The third-order valence-corrected chi connectivity index (χ3v) is 3.29. The van der Waals surface area contributed by atoms with Crippen molar-refractivity contribution < 1.29 is 19.4 Å². The number of benzene rings is 1. The van der Waals surface area contributed by atoms with Crippen LogP contribution in [-0.4, -0.2) is 30.1 Å². The molecule has 0 saturated heterocycles. The zero-order chi connectivity index (χ0) is 15.9. The van der Waals surface area contributed by atoms with Crippen LogP contribution in [0.15, 0.2) is 30.3 Å². The Hall–Kier alpha value is -2.04. The maximum Gasteiger partial charge on any atom is 0.310 e. The second kappa shape index (κ2) is 7.67. The Morgan fingerprint density at radius 2 is 1.90 bits per heavy atom. The summed E-state index contributed by atoms with van der Waals surface area (Å²) in [5.41, 5.74) is -0.962. The Balaban J connectivity index is 2.30. The number of hydrogen-bond donors (Lipinski definition) is 2. The van der Waals surface area contributed by atoms with Crippen LogP contribution in [-0.2, 0) is 9.59 Å². The van der Waals surface area contributed by atoms with Crippen molar-refractivity contribution in [2.24, 2.45) is 11.3 Å². The molecule has 1 aromatic carbocycles. The fourth-order valence-corrected chi connectivity index (χ4v) is 1.56. The first kappa shape index (κ1) is 17.0. The minimum absolute atomic E-state index is 0.116. The molecule has 1 amide bonds. The number of carboxylic acids is 1. The fraction of sp³-hybridized carbons (Fsp3) is 0.500. The Morgan fingerprint density at radius 1 is 1.29 bits per heavy atom. The topological polar surface area (TPSA) is 75.6 Å². The van der Waals surface area contributed by atoms with Crippen LogP contribution in [0.4, 0.5) is 0 Å². The highest BCUT2D eigenvalue weighted by molar-refractivity contribution is 5.80. The number of nitrogens with one attached hydrogen (secondary N) is 1. The van der Waals surface area contributed by atoms with Gasteiger partial charge in [-0.3, -0.25) is 9.59 Å². The maximum atomic E-state index is 11.9. The van der Waals surface area contributed by atoms with Gasteiger partial charge in [-0.15, -0.1) is 0 Å². The largest absolute Gasteiger partial charge is 0.494 e. The van der Waals surface area contributed by atoms with Crippen molar-refractivity contribution in [1.29, 1.82) is 0 Å². The van der Waals surface area contributed by atoms with E-state index < -0.39 is 11.4 Å². The van der Waals surface area contributed by atoms with E-state index in [0.717, 1.165) is 5.75 Å². The monoisotopic (exact) mass is 293 g/mol. The molecule has 0 fully saturated rings. The lowest BCUT2D eigenvalue weighted by Crippen LogP contribution is -2.41. The van der Waals surface area contributed by atoms with Crippen molar-refractivity contribution in [3.8, 4) is 5.75 Å². The molecule has 0 aromatic heterocycles. The third kappa shape index (κ3) is 5.85. The zero-order valence-electron chi connectivity index (χ0n) is 12.8. The lowest BCUT2D eigenvalue weighted by molar-refractivity contribution is -0.146. The number of amides is 1. The van der Waals surface area contributed by atoms with Crippen LogP contribution < -0.4 is 10.1 Å². The van der Waals surface area contributed by atoms with Gasteiger partial charge in [0.2, 0.25) is 5.91 Å². The number of rotatable bonds is 8. The highest BCUT2D eigenvalue weighted by Crippen LogP contribution is 2.14. The molecular weight excluding hydrogens is 270 g/mol. The Labute approximate surface area is 125 Å². The average molecular weight is 293 g/mol. The minimum Gasteiger partial charge on any atom is -0.494 e. The Morgan fingerprint density at radius 3 is 2.48 bits per heavy atom. The van der Waals surface area contributed by atoms with E-state index in [2.05, 4.69) is 5.32 Å². The van der Waals surface area contributed by atoms with E-state index in [-0.39, 0.29) is 18.4 Å². The van der Waals surface area contributed by atoms with Crippen LogP contribution in [0, 0.1) is 11.3 Å². The number of ether oxygens (including phenoxy) is 1. The Bertz CT molecular complexity index is 470. The van der Waals surface area contributed by atoms with Crippen molar-refractivity contribution in [3.63, 3.8) is 0 Å². The molecule has 21 heavy (non-hydrogen) atoms. The minimum atomic E-state index is -0.962. The quantitative estimate of drug-likeness (QED) is 0.771. The first-order valence-corrected chi connectivity index (χ1v) is 7.02. The summed E-state index contributed by atoms with van der Waals surface area (Å²) in [5, 5.41) is 11.7. The maximum absolute atomic E-state index is 11.9. The lowest BCUT2D eigenvalue weighted by Gasteiger charge is -2.21. The number of carboxylic acid groups (broad SMARTS) is 1. The summed E-state index contributed by atoms with van der Waals surface area (Å²) in [6, 6.07) is 9.41. The van der Waals surface area contributed by atoms with Crippen LogP contribution in [0.1, 0.15) is 27.2 Å². The van der Waals surface area contributed by atoms with Gasteiger partial charge in [0.15, 0.2) is 0 Å². The second-order valence-electron chi connectivity index (χ2n) is 5.76. The molecule has 0 bridgehead atoms. The van der Waals surface area contributed by atoms with Gasteiger partial charge in [-0.05, 0) is 32.4 Å². The summed E-state index contributed by atoms with van der Waals surface area (Å²) in [5.74, 6) is -0.528. The molecule has 2 N–H and O–H groups in total. The number of carbonyl (C=O) groups excluding carboxylic acids is 1. The predicted molar refractivity (Wildman–Crippen MR) is 80.1 cm³/mol. The molecule has 0 radical (unpaired) electrons. The van der Waals surface area contributed by atoms with Crippen LogP contribution in [0.25, 0.3) is 0 Å². The summed E-state index contributed by atoms with van der Waals surface area (Å²) < 4.78 is 5.54. The van der Waals surface area contributed by atoms with Crippen molar-refractivity contribution in [3.05, 3.63) is 30.3 Å². The van der Waals surface area contributed by atoms with E-state index in [1.54, 1.807) is 20.8 Å². The van der Waals surface area contributed by atoms with Crippen molar-refractivity contribution in [2.75, 3.05) is 13.2 Å². The van der Waals surface area contributed by atoms with Gasteiger partial charge in [0.05, 0.1) is 12.0 Å². The van der Waals surface area contributed by atoms with E-state index in [9.17, 15) is 9.59 Å². The molecule has 0 heterocycles. The van der Waals surface area contributed by atoms with Gasteiger partial charge in [-0.25, -0.2) is 0 Å². The molecule has 1 rings (SSSR count). The number of para-hydroxylation sites is 1. The third-order valence-electron chi connectivity index (χ3n) is 3.29. The fourth-order valence-electron chi connectivity index (χ4n) is 1.56. The lowest BCUT2D eigenvalue weighted by atomic mass is 9.93. The molecule has 5 nitrogen and oxygen atoms in total. The van der Waals surface area contributed by atoms with Gasteiger partial charge in [0.1, 0.15) is 5.75 Å². The van der Waals surface area contributed by atoms with Gasteiger partial charge in [-0.1, -0.05) is 25.1 Å². The summed E-state index contributed by atoms with van der Waals surface area (Å²) in [6.07, 6.45) is 0.578. The van der Waals surface area contributed by atoms with Crippen molar-refractivity contribution >= 4 is 11.9 Å². The van der Waals surface area contributed by atoms with Gasteiger partial charge in [0.25, 0.3) is 0 Å². The zero-order valence-corrected chi connectivity index (χ0v) is 12.8. The predicted octanol–water partition coefficient (Wildman–Crippen LogP) is 2.32. The molecule has 0 aliphatic rings. The standard InChI is InChI=1S/C16H23NO4/c1-12(9-10-21-13-7-5-4-6-8-13)14(18)17-11-16(2,3)15(19)20/h4-8,12H,9-11H2,1-3H3,(H,17,18)(H,19,20). The van der Waals surface area contributed by atoms with Gasteiger partial charge >= 0.3 is 5.97 Å². The normalized spacial score (nSPS) is 12.5. The second-order valence-corrected chi connectivity index (χ2v) is 5.76. The number of carbonyl (C=O) groups is 2. The van der Waals surface area contributed by atoms with Crippen molar-refractivity contribution in [1.82, 2.24) is 5.32 Å². The summed E-state index contributed by atoms with van der Waals surface area (Å²) >= 11 is 0. The molecule has 0 aliphatic carbocycles. The summed E-state index contributed by atoms with van der Waals surface area (Å²) in [4.78, 5) is 22.9. The first-order valence-electron chi connectivity index (χ1n) is 7.02. The van der Waals surface area contributed by atoms with E-state index in [0.29, 0.717) is 13.0 Å². The smallest absolute Gasteiger partial charge is 0.310 e. The molecule has 116 valence electrons. The van der Waals surface area contributed by atoms with E-state index in [4.69, 9.17) is 9.84 Å². The molecule has 0 aliphatic heterocycles. The highest BCUT2D eigenvalue weighted by atomic mass is 16.5. The van der Waals surface area contributed by atoms with Crippen molar-refractivity contribution in [2.45, 2.75) is 27.2 Å². The molecule has 1 atom stereocenters. The average Bonchev–Trinajstić information content (AvgIpc) is 2.45.